The fraction of sp³-hybridized carbons (Fsp3) is 0.442. The average Bonchev–Trinajstić information content (AvgIpc) is 4.20. The molecule has 0 radical (unpaired) electrons. The highest BCUT2D eigenvalue weighted by atomic mass is 19.1. The Labute approximate surface area is 406 Å². The summed E-state index contributed by atoms with van der Waals surface area (Å²) in [6.45, 7) is 12.7. The molecule has 370 valence electrons. The molecule has 5 N–H and O–H groups in total. The molecule has 0 bridgehead atoms. The van der Waals surface area contributed by atoms with E-state index in [4.69, 9.17) is 28.9 Å². The number of alkyl carbamates (subject to hydrolysis) is 2. The van der Waals surface area contributed by atoms with Crippen LogP contribution in [-0.4, -0.2) is 109 Å². The average molecular weight is 960 g/mol. The number of halogens is 1. The summed E-state index contributed by atoms with van der Waals surface area (Å²) in [5.74, 6) is 1.38. The third-order valence-electron chi connectivity index (χ3n) is 13.7. The molecule has 3 aliphatic heterocycles. The number of amides is 3. The van der Waals surface area contributed by atoms with E-state index in [0.717, 1.165) is 47.0 Å². The fourth-order valence-corrected chi connectivity index (χ4v) is 10.2. The van der Waals surface area contributed by atoms with Gasteiger partial charge in [0.1, 0.15) is 41.2 Å². The molecule has 0 aliphatic carbocycles. The van der Waals surface area contributed by atoms with Gasteiger partial charge in [-0.3, -0.25) is 9.69 Å². The lowest BCUT2D eigenvalue weighted by Crippen LogP contribution is -2.54. The van der Waals surface area contributed by atoms with Crippen LogP contribution in [0.1, 0.15) is 103 Å². The van der Waals surface area contributed by atoms with Crippen LogP contribution in [0.15, 0.2) is 73.1 Å². The molecule has 3 aliphatic rings. The first kappa shape index (κ1) is 48.1. The van der Waals surface area contributed by atoms with Crippen LogP contribution in [-0.2, 0) is 14.3 Å². The van der Waals surface area contributed by atoms with Crippen molar-refractivity contribution in [2.45, 2.75) is 110 Å². The van der Waals surface area contributed by atoms with Crippen molar-refractivity contribution in [1.82, 2.24) is 44.9 Å². The van der Waals surface area contributed by atoms with Gasteiger partial charge < -0.3 is 54.1 Å². The molecule has 6 aromatic rings. The molecule has 6 atom stereocenters. The van der Waals surface area contributed by atoms with E-state index in [1.807, 2.05) is 106 Å². The Kier molecular flexibility index (Phi) is 13.6. The quantitative estimate of drug-likeness (QED) is 0.0699. The molecule has 6 heterocycles. The van der Waals surface area contributed by atoms with Crippen LogP contribution in [0.25, 0.3) is 44.7 Å². The molecule has 2 saturated heterocycles. The number of rotatable bonds is 14. The lowest BCUT2D eigenvalue weighted by atomic mass is 10.0. The summed E-state index contributed by atoms with van der Waals surface area (Å²) < 4.78 is 41.7. The highest BCUT2D eigenvalue weighted by Gasteiger charge is 2.40. The maximum Gasteiger partial charge on any atom is 0.407 e. The Morgan fingerprint density at radius 1 is 0.814 bits per heavy atom. The van der Waals surface area contributed by atoms with Gasteiger partial charge in [-0.05, 0) is 93.8 Å². The van der Waals surface area contributed by atoms with Gasteiger partial charge in [0.05, 0.1) is 79.0 Å². The summed E-state index contributed by atoms with van der Waals surface area (Å²) in [5.41, 5.74) is 5.28. The Morgan fingerprint density at radius 3 is 2.20 bits per heavy atom. The number of likely N-dealkylation sites (tertiary alicyclic amines) is 2. The van der Waals surface area contributed by atoms with Crippen molar-refractivity contribution in [3.63, 3.8) is 0 Å². The Balaban J connectivity index is 1.05. The number of benzene rings is 3. The van der Waals surface area contributed by atoms with E-state index in [2.05, 4.69) is 20.6 Å². The van der Waals surface area contributed by atoms with Crippen LogP contribution in [0.4, 0.5) is 14.0 Å². The smallest absolute Gasteiger partial charge is 0.407 e. The number of aliphatic hydroxyl groups is 1. The van der Waals surface area contributed by atoms with E-state index in [0.29, 0.717) is 65.2 Å². The topological polar surface area (TPSA) is 201 Å². The monoisotopic (exact) mass is 959 g/mol. The minimum absolute atomic E-state index is 0.0610. The van der Waals surface area contributed by atoms with Gasteiger partial charge in [-0.1, -0.05) is 45.9 Å². The summed E-state index contributed by atoms with van der Waals surface area (Å²) in [5, 5.41) is 17.9. The standard InChI is InChI=1S/C52H62FN9O8/c1-27(2)44(58-51(65)67-7)48(63)60-18-10-14-39(60)46-54-25-36(56-46)30-16-17-38-33(20-30)23-41-43-35(53)22-32(24-42(43)70-50(62(38)41)31-12-9-13-34(21-31)69-29(5)6)37-26-55-47(57-37)40-15-11-19-61(40)49(64)45(28(3)4)59-52(66)68-8/h9,12-13,16-17,20-29,39-40,44-45,49-50,64H,10-11,14-15,18-19H2,1-8H3,(H,54,56)(H,55,57)(H,58,65)(H,59,66). The van der Waals surface area contributed by atoms with Crippen LogP contribution < -0.4 is 20.1 Å². The number of nitrogens with zero attached hydrogens (tertiary/aromatic N) is 5. The second-order valence-electron chi connectivity index (χ2n) is 19.3. The van der Waals surface area contributed by atoms with E-state index in [1.54, 1.807) is 17.3 Å². The van der Waals surface area contributed by atoms with E-state index < -0.39 is 42.5 Å². The lowest BCUT2D eigenvalue weighted by molar-refractivity contribution is -0.135. The normalized spacial score (nSPS) is 19.2. The number of hydrogen-bond acceptors (Lipinski definition) is 11. The maximum atomic E-state index is 17.0. The Hall–Kier alpha value is -6.92. The highest BCUT2D eigenvalue weighted by Crippen LogP contribution is 2.48. The number of ether oxygens (including phenoxy) is 4. The number of aliphatic hydroxyl groups excluding tert-OH is 1. The third kappa shape index (κ3) is 9.29. The number of carbonyl (C=O) groups excluding carboxylic acids is 3. The molecular weight excluding hydrogens is 898 g/mol. The number of aromatic nitrogens is 5. The Morgan fingerprint density at radius 2 is 1.50 bits per heavy atom. The summed E-state index contributed by atoms with van der Waals surface area (Å²) in [6.07, 6.45) is 3.43. The molecule has 17 nitrogen and oxygen atoms in total. The van der Waals surface area contributed by atoms with E-state index in [-0.39, 0.29) is 35.9 Å². The number of fused-ring (bicyclic) bond motifs is 5. The Bertz CT molecular complexity index is 2890. The molecule has 0 spiro atoms. The van der Waals surface area contributed by atoms with Crippen molar-refractivity contribution in [3.05, 3.63) is 96.1 Å². The second kappa shape index (κ2) is 19.8. The van der Waals surface area contributed by atoms with Gasteiger partial charge in [-0.2, -0.15) is 0 Å². The van der Waals surface area contributed by atoms with Gasteiger partial charge >= 0.3 is 12.2 Å². The molecular formula is C52H62FN9O8. The number of nitrogens with one attached hydrogen (secondary N) is 4. The summed E-state index contributed by atoms with van der Waals surface area (Å²) in [6, 6.07) is 17.1. The first-order valence-corrected chi connectivity index (χ1v) is 24.1. The SMILES string of the molecule is COC(=O)NC(C(=O)N1CCCC1c1ncc(-c2ccc3c(c2)cc2n3C(c3cccc(OC(C)C)c3)Oc3cc(-c4cnc(C5CCCN5C(O)C(NC(=O)OC)C(C)C)[nH]4)cc(F)c3-2)[nH]1)C(C)C. The minimum atomic E-state index is -1.00. The molecule has 0 saturated carbocycles. The van der Waals surface area contributed by atoms with Crippen LogP contribution >= 0.6 is 0 Å². The first-order valence-electron chi connectivity index (χ1n) is 24.1. The van der Waals surface area contributed by atoms with Crippen LogP contribution in [0.2, 0.25) is 0 Å². The fourth-order valence-electron chi connectivity index (χ4n) is 10.2. The van der Waals surface area contributed by atoms with Gasteiger partial charge in [-0.15, -0.1) is 0 Å². The number of H-pyrrole nitrogens is 2. The summed E-state index contributed by atoms with van der Waals surface area (Å²) in [4.78, 5) is 58.3. The highest BCUT2D eigenvalue weighted by molar-refractivity contribution is 5.93. The number of hydrogen-bond donors (Lipinski definition) is 5. The maximum absolute atomic E-state index is 17.0. The van der Waals surface area contributed by atoms with Crippen molar-refractivity contribution < 1.29 is 42.8 Å². The van der Waals surface area contributed by atoms with Crippen molar-refractivity contribution in [2.24, 2.45) is 11.8 Å². The molecule has 3 amide bonds. The van der Waals surface area contributed by atoms with Crippen molar-refractivity contribution in [1.29, 1.82) is 0 Å². The number of aromatic amines is 2. The molecule has 18 heteroatoms. The summed E-state index contributed by atoms with van der Waals surface area (Å²) >= 11 is 0. The molecule has 6 unspecified atom stereocenters. The first-order chi connectivity index (χ1) is 33.6. The van der Waals surface area contributed by atoms with Gasteiger partial charge in [0.2, 0.25) is 12.1 Å². The zero-order valence-electron chi connectivity index (χ0n) is 40.8. The minimum Gasteiger partial charge on any atom is -0.491 e. The zero-order valence-corrected chi connectivity index (χ0v) is 40.8. The molecule has 3 aromatic heterocycles. The van der Waals surface area contributed by atoms with Gasteiger partial charge in [-0.25, -0.2) is 23.9 Å². The second-order valence-corrected chi connectivity index (χ2v) is 19.3. The number of imidazole rings is 2. The molecule has 70 heavy (non-hydrogen) atoms. The van der Waals surface area contributed by atoms with Gasteiger partial charge in [0.15, 0.2) is 0 Å². The third-order valence-corrected chi connectivity index (χ3v) is 13.7. The van der Waals surface area contributed by atoms with Crippen LogP contribution in [0.5, 0.6) is 11.5 Å². The van der Waals surface area contributed by atoms with Crippen LogP contribution in [0, 0.1) is 17.7 Å². The predicted octanol–water partition coefficient (Wildman–Crippen LogP) is 8.83. The van der Waals surface area contributed by atoms with E-state index in [9.17, 15) is 19.5 Å². The molecule has 9 rings (SSSR count). The predicted molar refractivity (Wildman–Crippen MR) is 260 cm³/mol. The van der Waals surface area contributed by atoms with Crippen molar-refractivity contribution in [3.8, 4) is 45.3 Å². The molecule has 2 fully saturated rings. The van der Waals surface area contributed by atoms with Crippen molar-refractivity contribution >= 4 is 29.0 Å². The molecule has 3 aromatic carbocycles. The van der Waals surface area contributed by atoms with Crippen molar-refractivity contribution in [2.75, 3.05) is 27.3 Å². The zero-order chi connectivity index (χ0) is 49.5. The number of methoxy groups -OCH3 is 2. The summed E-state index contributed by atoms with van der Waals surface area (Å²) in [7, 11) is 2.57. The van der Waals surface area contributed by atoms with E-state index in [1.165, 1.54) is 20.3 Å². The largest absolute Gasteiger partial charge is 0.491 e. The van der Waals surface area contributed by atoms with E-state index >= 15 is 4.39 Å². The van der Waals surface area contributed by atoms with Crippen LogP contribution in [0.3, 0.4) is 0 Å². The lowest BCUT2D eigenvalue weighted by Gasteiger charge is -2.35. The van der Waals surface area contributed by atoms with Gasteiger partial charge in [0, 0.05) is 35.2 Å². The number of carbonyl (C=O) groups is 3. The van der Waals surface area contributed by atoms with Gasteiger partial charge in [0.25, 0.3) is 0 Å².